The fraction of sp³-hybridized carbons (Fsp3) is 0.400. The number of fused-ring (bicyclic) bond motifs is 1. The molecule has 3 aliphatic rings. The third-order valence-electron chi connectivity index (χ3n) is 5.38. The molecule has 1 aromatic rings. The third-order valence-corrected chi connectivity index (χ3v) is 5.67. The Bertz CT molecular complexity index is 885. The molecule has 1 aromatic carbocycles. The fourth-order valence-corrected chi connectivity index (χ4v) is 3.90. The van der Waals surface area contributed by atoms with E-state index in [1.165, 1.54) is 12.1 Å². The van der Waals surface area contributed by atoms with E-state index >= 15 is 0 Å². The second kappa shape index (κ2) is 8.42. The molecule has 1 aliphatic carbocycles. The lowest BCUT2D eigenvalue weighted by atomic mass is 9.91. The van der Waals surface area contributed by atoms with Crippen LogP contribution in [0.5, 0.6) is 0 Å². The van der Waals surface area contributed by atoms with Crippen molar-refractivity contribution < 1.29 is 4.39 Å². The molecule has 154 valence electrons. The number of nitrogens with zero attached hydrogens (tertiary/aromatic N) is 4. The molecule has 29 heavy (non-hydrogen) atoms. The first-order chi connectivity index (χ1) is 14.0. The van der Waals surface area contributed by atoms with Gasteiger partial charge in [-0.3, -0.25) is 10.4 Å². The van der Waals surface area contributed by atoms with Gasteiger partial charge in [-0.25, -0.2) is 14.4 Å². The van der Waals surface area contributed by atoms with Gasteiger partial charge in [0.25, 0.3) is 0 Å². The highest BCUT2D eigenvalue weighted by molar-refractivity contribution is 6.31. The van der Waals surface area contributed by atoms with Gasteiger partial charge in [0.15, 0.2) is 11.6 Å². The Hall–Kier alpha value is -2.58. The van der Waals surface area contributed by atoms with Crippen LogP contribution in [-0.2, 0) is 0 Å². The van der Waals surface area contributed by atoms with Gasteiger partial charge >= 0.3 is 0 Å². The predicted molar refractivity (Wildman–Crippen MR) is 115 cm³/mol. The van der Waals surface area contributed by atoms with E-state index in [0.717, 1.165) is 37.3 Å². The van der Waals surface area contributed by atoms with Crippen LogP contribution in [0.4, 0.5) is 10.1 Å². The zero-order valence-corrected chi connectivity index (χ0v) is 17.2. The van der Waals surface area contributed by atoms with Crippen LogP contribution in [0.15, 0.2) is 52.1 Å². The number of anilines is 1. The van der Waals surface area contributed by atoms with Gasteiger partial charge in [0.1, 0.15) is 18.0 Å². The molecule has 2 aliphatic heterocycles. The maximum Gasteiger partial charge on any atom is 0.175 e. The molecule has 0 saturated heterocycles. The van der Waals surface area contributed by atoms with E-state index in [2.05, 4.69) is 40.0 Å². The van der Waals surface area contributed by atoms with Gasteiger partial charge in [-0.05, 0) is 64.1 Å². The minimum atomic E-state index is -0.456. The van der Waals surface area contributed by atoms with E-state index < -0.39 is 5.82 Å². The normalized spacial score (nSPS) is 25.1. The van der Waals surface area contributed by atoms with Crippen LogP contribution < -0.4 is 16.1 Å². The average molecular weight is 418 g/mol. The molecule has 1 fully saturated rings. The number of hydrogen-bond acceptors (Lipinski definition) is 6. The zero-order valence-electron chi connectivity index (χ0n) is 16.5. The zero-order chi connectivity index (χ0) is 20.4. The van der Waals surface area contributed by atoms with Crippen LogP contribution in [0.25, 0.3) is 0 Å². The molecule has 0 unspecified atom stereocenters. The molecule has 2 heterocycles. The SMILES string of the molecule is CN(C)C1CCC(N=C2C=CN3NC=NC(Nc4ccc(F)c(Cl)c4)=C3N2)CC1. The summed E-state index contributed by atoms with van der Waals surface area (Å²) in [6, 6.07) is 5.44. The van der Waals surface area contributed by atoms with Crippen LogP contribution in [0.1, 0.15) is 25.7 Å². The van der Waals surface area contributed by atoms with Gasteiger partial charge in [-0.15, -0.1) is 0 Å². The number of rotatable bonds is 4. The van der Waals surface area contributed by atoms with Crippen molar-refractivity contribution in [1.29, 1.82) is 0 Å². The van der Waals surface area contributed by atoms with Crippen LogP contribution >= 0.6 is 11.6 Å². The summed E-state index contributed by atoms with van der Waals surface area (Å²) >= 11 is 5.89. The lowest BCUT2D eigenvalue weighted by Crippen LogP contribution is -2.46. The highest BCUT2D eigenvalue weighted by Crippen LogP contribution is 2.25. The topological polar surface area (TPSA) is 67.3 Å². The average Bonchev–Trinajstić information content (AvgIpc) is 2.71. The largest absolute Gasteiger partial charge is 0.337 e. The van der Waals surface area contributed by atoms with Crippen LogP contribution in [0.3, 0.4) is 0 Å². The Morgan fingerprint density at radius 1 is 1.28 bits per heavy atom. The Morgan fingerprint density at radius 3 is 2.79 bits per heavy atom. The first kappa shape index (κ1) is 19.7. The summed E-state index contributed by atoms with van der Waals surface area (Å²) in [5.74, 6) is 1.65. The molecule has 3 N–H and O–H groups in total. The molecule has 0 amide bonds. The minimum Gasteiger partial charge on any atom is -0.337 e. The van der Waals surface area contributed by atoms with E-state index in [-0.39, 0.29) is 5.02 Å². The number of hydrogen-bond donors (Lipinski definition) is 3. The van der Waals surface area contributed by atoms with E-state index in [1.807, 2.05) is 17.3 Å². The van der Waals surface area contributed by atoms with Crippen molar-refractivity contribution >= 4 is 29.5 Å². The van der Waals surface area contributed by atoms with Gasteiger partial charge in [-0.1, -0.05) is 11.6 Å². The van der Waals surface area contributed by atoms with Crippen LogP contribution in [-0.4, -0.2) is 48.3 Å². The summed E-state index contributed by atoms with van der Waals surface area (Å²) in [7, 11) is 4.28. The second-order valence-corrected chi connectivity index (χ2v) is 8.00. The minimum absolute atomic E-state index is 0.0578. The van der Waals surface area contributed by atoms with E-state index in [9.17, 15) is 4.39 Å². The molecule has 4 rings (SSSR count). The predicted octanol–water partition coefficient (Wildman–Crippen LogP) is 3.25. The monoisotopic (exact) mass is 417 g/mol. The first-order valence-corrected chi connectivity index (χ1v) is 10.1. The van der Waals surface area contributed by atoms with Crippen molar-refractivity contribution in [3.8, 4) is 0 Å². The van der Waals surface area contributed by atoms with Crippen molar-refractivity contribution in [3.63, 3.8) is 0 Å². The smallest absolute Gasteiger partial charge is 0.175 e. The van der Waals surface area contributed by atoms with Gasteiger partial charge in [0, 0.05) is 17.9 Å². The van der Waals surface area contributed by atoms with Gasteiger partial charge in [-0.2, -0.15) is 0 Å². The quantitative estimate of drug-likeness (QED) is 0.701. The number of benzene rings is 1. The van der Waals surface area contributed by atoms with Gasteiger partial charge in [0.2, 0.25) is 0 Å². The molecular weight excluding hydrogens is 393 g/mol. The number of halogens is 2. The van der Waals surface area contributed by atoms with Crippen molar-refractivity contribution in [1.82, 2.24) is 20.7 Å². The summed E-state index contributed by atoms with van der Waals surface area (Å²) in [6.45, 7) is 0. The summed E-state index contributed by atoms with van der Waals surface area (Å²) < 4.78 is 13.4. The first-order valence-electron chi connectivity index (χ1n) is 9.73. The molecule has 0 atom stereocenters. The molecule has 0 spiro atoms. The molecule has 9 heteroatoms. The molecular formula is C20H25ClFN7. The van der Waals surface area contributed by atoms with Crippen LogP contribution in [0, 0.1) is 5.82 Å². The molecule has 0 aromatic heterocycles. The van der Waals surface area contributed by atoms with Crippen molar-refractivity contribution in [2.24, 2.45) is 9.98 Å². The number of hydrazine groups is 1. The lowest BCUT2D eigenvalue weighted by Gasteiger charge is -2.33. The summed E-state index contributed by atoms with van der Waals surface area (Å²) in [5, 5.41) is 8.39. The number of aliphatic imine (C=N–C) groups is 2. The highest BCUT2D eigenvalue weighted by atomic mass is 35.5. The maximum atomic E-state index is 13.4. The second-order valence-electron chi connectivity index (χ2n) is 7.59. The summed E-state index contributed by atoms with van der Waals surface area (Å²) in [5.41, 5.74) is 3.70. The van der Waals surface area contributed by atoms with Crippen molar-refractivity contribution in [2.45, 2.75) is 37.8 Å². The third kappa shape index (κ3) is 4.54. The molecule has 0 radical (unpaired) electrons. The van der Waals surface area contributed by atoms with Gasteiger partial charge < -0.3 is 15.5 Å². The van der Waals surface area contributed by atoms with Gasteiger partial charge in [0.05, 0.1) is 11.1 Å². The highest BCUT2D eigenvalue weighted by Gasteiger charge is 2.25. The number of amidine groups is 1. The van der Waals surface area contributed by atoms with Crippen molar-refractivity contribution in [3.05, 3.63) is 53.0 Å². The van der Waals surface area contributed by atoms with E-state index in [4.69, 9.17) is 16.6 Å². The molecule has 0 bridgehead atoms. The van der Waals surface area contributed by atoms with Crippen molar-refractivity contribution in [2.75, 3.05) is 19.4 Å². The lowest BCUT2D eigenvalue weighted by molar-refractivity contribution is 0.217. The Morgan fingerprint density at radius 2 is 2.07 bits per heavy atom. The summed E-state index contributed by atoms with van der Waals surface area (Å²) in [4.78, 5) is 11.6. The molecule has 1 saturated carbocycles. The number of nitrogens with one attached hydrogen (secondary N) is 3. The summed E-state index contributed by atoms with van der Waals surface area (Å²) in [6.07, 6.45) is 9.92. The molecule has 7 nitrogen and oxygen atoms in total. The van der Waals surface area contributed by atoms with E-state index in [0.29, 0.717) is 23.6 Å². The fourth-order valence-electron chi connectivity index (χ4n) is 3.72. The Labute approximate surface area is 175 Å². The standard InChI is InChI=1S/C20H25ClFN7/c1-28(2)15-6-3-13(4-7-15)25-18-9-10-29-20(27-18)19(23-12-24-29)26-14-5-8-17(22)16(21)11-14/h5,8-13,15,26H,3-4,6-7H2,1-2H3,(H,23,24)(H,25,27). The maximum absolute atomic E-state index is 13.4. The van der Waals surface area contributed by atoms with E-state index in [1.54, 1.807) is 12.4 Å². The Kier molecular flexibility index (Phi) is 5.73. The Balaban J connectivity index is 1.50. The van der Waals surface area contributed by atoms with Crippen LogP contribution in [0.2, 0.25) is 5.02 Å².